The fraction of sp³-hybridized carbons (Fsp3) is 0.562. The first-order chi connectivity index (χ1) is 10.2. The van der Waals surface area contributed by atoms with E-state index in [4.69, 9.17) is 9.47 Å². The normalized spacial score (nSPS) is 17.5. The Morgan fingerprint density at radius 2 is 2.24 bits per heavy atom. The van der Waals surface area contributed by atoms with Gasteiger partial charge in [0.1, 0.15) is 11.5 Å². The van der Waals surface area contributed by atoms with Gasteiger partial charge < -0.3 is 20.1 Å². The third-order valence-corrected chi connectivity index (χ3v) is 3.85. The molecular weight excluding hydrogens is 268 g/mol. The molecule has 116 valence electrons. The highest BCUT2D eigenvalue weighted by atomic mass is 16.5. The number of rotatable bonds is 7. The van der Waals surface area contributed by atoms with E-state index in [1.165, 1.54) is 12.8 Å². The number of nitrogens with one attached hydrogen (secondary N) is 2. The van der Waals surface area contributed by atoms with E-state index < -0.39 is 0 Å². The summed E-state index contributed by atoms with van der Waals surface area (Å²) >= 11 is 0. The maximum Gasteiger partial charge on any atom is 0.220 e. The molecule has 0 bridgehead atoms. The highest BCUT2D eigenvalue weighted by Gasteiger charge is 2.15. The van der Waals surface area contributed by atoms with Gasteiger partial charge in [-0.1, -0.05) is 0 Å². The predicted octanol–water partition coefficient (Wildman–Crippen LogP) is 1.85. The number of ether oxygens (including phenoxy) is 2. The van der Waals surface area contributed by atoms with Gasteiger partial charge in [0.05, 0.1) is 14.2 Å². The van der Waals surface area contributed by atoms with E-state index in [0.717, 1.165) is 30.0 Å². The molecular formula is C16H24N2O3. The average Bonchev–Trinajstić information content (AvgIpc) is 3.04. The Balaban J connectivity index is 1.82. The van der Waals surface area contributed by atoms with Crippen molar-refractivity contribution in [3.05, 3.63) is 23.8 Å². The highest BCUT2D eigenvalue weighted by Crippen LogP contribution is 2.23. The van der Waals surface area contributed by atoms with Crippen molar-refractivity contribution in [1.29, 1.82) is 0 Å². The lowest BCUT2D eigenvalue weighted by atomic mass is 10.1. The molecule has 5 heteroatoms. The van der Waals surface area contributed by atoms with Gasteiger partial charge in [0.2, 0.25) is 5.91 Å². The molecule has 0 spiro atoms. The molecule has 0 radical (unpaired) electrons. The molecule has 1 aliphatic heterocycles. The average molecular weight is 292 g/mol. The van der Waals surface area contributed by atoms with Crippen LogP contribution in [0.2, 0.25) is 0 Å². The molecule has 5 nitrogen and oxygen atoms in total. The number of hydrogen-bond acceptors (Lipinski definition) is 4. The Hall–Kier alpha value is -1.75. The van der Waals surface area contributed by atoms with Crippen LogP contribution in [-0.2, 0) is 11.3 Å². The van der Waals surface area contributed by atoms with Crippen LogP contribution in [0.15, 0.2) is 18.2 Å². The van der Waals surface area contributed by atoms with E-state index in [1.54, 1.807) is 14.2 Å². The van der Waals surface area contributed by atoms with Crippen LogP contribution in [0.5, 0.6) is 11.5 Å². The number of methoxy groups -OCH3 is 2. The van der Waals surface area contributed by atoms with Gasteiger partial charge in [0, 0.05) is 24.6 Å². The smallest absolute Gasteiger partial charge is 0.220 e. The fourth-order valence-electron chi connectivity index (χ4n) is 2.61. The summed E-state index contributed by atoms with van der Waals surface area (Å²) in [5.41, 5.74) is 0.921. The van der Waals surface area contributed by atoms with Crippen LogP contribution in [0.3, 0.4) is 0 Å². The van der Waals surface area contributed by atoms with Gasteiger partial charge in [-0.05, 0) is 44.0 Å². The van der Waals surface area contributed by atoms with E-state index in [0.29, 0.717) is 19.0 Å². The zero-order valence-corrected chi connectivity index (χ0v) is 12.8. The SMILES string of the molecule is COc1ccc(OC)c(CNC(=O)CCC2CCCN2)c1. The van der Waals surface area contributed by atoms with Crippen molar-refractivity contribution in [3.8, 4) is 11.5 Å². The molecule has 0 aromatic heterocycles. The minimum Gasteiger partial charge on any atom is -0.497 e. The quantitative estimate of drug-likeness (QED) is 0.805. The molecule has 0 saturated carbocycles. The second-order valence-corrected chi connectivity index (χ2v) is 5.29. The Bertz CT molecular complexity index is 471. The molecule has 1 aliphatic rings. The predicted molar refractivity (Wildman–Crippen MR) is 81.7 cm³/mol. The minimum atomic E-state index is 0.0774. The minimum absolute atomic E-state index is 0.0774. The number of carbonyl (C=O) groups excluding carboxylic acids is 1. The Kier molecular flexibility index (Phi) is 5.87. The van der Waals surface area contributed by atoms with E-state index in [-0.39, 0.29) is 5.91 Å². The molecule has 1 amide bonds. The van der Waals surface area contributed by atoms with Crippen molar-refractivity contribution in [2.45, 2.75) is 38.3 Å². The molecule has 1 atom stereocenters. The number of benzene rings is 1. The first kappa shape index (κ1) is 15.6. The van der Waals surface area contributed by atoms with E-state index in [2.05, 4.69) is 10.6 Å². The topological polar surface area (TPSA) is 59.6 Å². The molecule has 21 heavy (non-hydrogen) atoms. The molecule has 1 fully saturated rings. The Morgan fingerprint density at radius 3 is 2.90 bits per heavy atom. The van der Waals surface area contributed by atoms with Crippen LogP contribution in [0.4, 0.5) is 0 Å². The summed E-state index contributed by atoms with van der Waals surface area (Å²) in [4.78, 5) is 11.9. The Morgan fingerprint density at radius 1 is 1.38 bits per heavy atom. The molecule has 1 aromatic carbocycles. The van der Waals surface area contributed by atoms with Crippen molar-refractivity contribution in [2.24, 2.45) is 0 Å². The van der Waals surface area contributed by atoms with Crippen molar-refractivity contribution in [2.75, 3.05) is 20.8 Å². The zero-order valence-electron chi connectivity index (χ0n) is 12.8. The van der Waals surface area contributed by atoms with Gasteiger partial charge in [0.25, 0.3) is 0 Å². The first-order valence-electron chi connectivity index (χ1n) is 7.44. The summed E-state index contributed by atoms with van der Waals surface area (Å²) in [6.07, 6.45) is 3.86. The Labute approximate surface area is 126 Å². The van der Waals surface area contributed by atoms with E-state index in [1.807, 2.05) is 18.2 Å². The van der Waals surface area contributed by atoms with Gasteiger partial charge in [-0.3, -0.25) is 4.79 Å². The fourth-order valence-corrected chi connectivity index (χ4v) is 2.61. The standard InChI is InChI=1S/C16H24N2O3/c1-20-14-6-7-15(21-2)12(10-14)11-18-16(19)8-5-13-4-3-9-17-13/h6-7,10,13,17H,3-5,8-9,11H2,1-2H3,(H,18,19). The molecule has 1 heterocycles. The summed E-state index contributed by atoms with van der Waals surface area (Å²) in [7, 11) is 3.25. The molecule has 1 saturated heterocycles. The largest absolute Gasteiger partial charge is 0.497 e. The lowest BCUT2D eigenvalue weighted by Crippen LogP contribution is -2.27. The van der Waals surface area contributed by atoms with Crippen molar-refractivity contribution < 1.29 is 14.3 Å². The van der Waals surface area contributed by atoms with Crippen molar-refractivity contribution >= 4 is 5.91 Å². The van der Waals surface area contributed by atoms with Gasteiger partial charge in [-0.2, -0.15) is 0 Å². The van der Waals surface area contributed by atoms with Crippen LogP contribution in [0, 0.1) is 0 Å². The third kappa shape index (κ3) is 4.63. The molecule has 2 rings (SSSR count). The van der Waals surface area contributed by atoms with E-state index >= 15 is 0 Å². The zero-order chi connectivity index (χ0) is 15.1. The lowest BCUT2D eigenvalue weighted by molar-refractivity contribution is -0.121. The van der Waals surface area contributed by atoms with Crippen LogP contribution < -0.4 is 20.1 Å². The third-order valence-electron chi connectivity index (χ3n) is 3.85. The molecule has 0 aliphatic carbocycles. The number of amides is 1. The van der Waals surface area contributed by atoms with Crippen LogP contribution in [0.1, 0.15) is 31.2 Å². The molecule has 1 unspecified atom stereocenters. The van der Waals surface area contributed by atoms with Crippen LogP contribution >= 0.6 is 0 Å². The second-order valence-electron chi connectivity index (χ2n) is 5.29. The maximum absolute atomic E-state index is 11.9. The summed E-state index contributed by atoms with van der Waals surface area (Å²) in [6.45, 7) is 1.53. The molecule has 1 aromatic rings. The monoisotopic (exact) mass is 292 g/mol. The van der Waals surface area contributed by atoms with Crippen molar-refractivity contribution in [3.63, 3.8) is 0 Å². The summed E-state index contributed by atoms with van der Waals surface area (Å²) in [6, 6.07) is 6.08. The van der Waals surface area contributed by atoms with Crippen LogP contribution in [-0.4, -0.2) is 32.7 Å². The number of hydrogen-bond donors (Lipinski definition) is 2. The summed E-state index contributed by atoms with van der Waals surface area (Å²) in [5.74, 6) is 1.59. The van der Waals surface area contributed by atoms with Gasteiger partial charge in [-0.15, -0.1) is 0 Å². The van der Waals surface area contributed by atoms with Crippen molar-refractivity contribution in [1.82, 2.24) is 10.6 Å². The maximum atomic E-state index is 11.9. The van der Waals surface area contributed by atoms with Gasteiger partial charge in [-0.25, -0.2) is 0 Å². The molecule has 2 N–H and O–H groups in total. The first-order valence-corrected chi connectivity index (χ1v) is 7.44. The second kappa shape index (κ2) is 7.88. The lowest BCUT2D eigenvalue weighted by Gasteiger charge is -2.12. The summed E-state index contributed by atoms with van der Waals surface area (Å²) < 4.78 is 10.5. The van der Waals surface area contributed by atoms with Crippen LogP contribution in [0.25, 0.3) is 0 Å². The van der Waals surface area contributed by atoms with Gasteiger partial charge >= 0.3 is 0 Å². The summed E-state index contributed by atoms with van der Waals surface area (Å²) in [5, 5.41) is 6.35. The van der Waals surface area contributed by atoms with E-state index in [9.17, 15) is 4.79 Å². The van der Waals surface area contributed by atoms with Gasteiger partial charge in [0.15, 0.2) is 0 Å². The highest BCUT2D eigenvalue weighted by molar-refractivity contribution is 5.76. The number of carbonyl (C=O) groups is 1.